The van der Waals surface area contributed by atoms with Crippen molar-refractivity contribution in [3.8, 4) is 0 Å². The molecule has 0 aliphatic rings. The fourth-order valence-corrected chi connectivity index (χ4v) is 4.08. The highest BCUT2D eigenvalue weighted by Crippen LogP contribution is 2.24. The molecule has 37 heavy (non-hydrogen) atoms. The van der Waals surface area contributed by atoms with Crippen LogP contribution in [0.2, 0.25) is 0 Å². The number of rotatable bonds is 14. The van der Waals surface area contributed by atoms with E-state index in [4.69, 9.17) is 0 Å². The number of Topliss-reactive ketones (excluding diaryl/α,β-unsaturated/α-hetero) is 6. The van der Waals surface area contributed by atoms with Crippen LogP contribution in [0, 0.1) is 11.8 Å². The van der Waals surface area contributed by atoms with E-state index in [0.29, 0.717) is 16.7 Å². The number of hydrogen-bond acceptors (Lipinski definition) is 6. The van der Waals surface area contributed by atoms with Crippen LogP contribution in [0.15, 0.2) is 91.0 Å². The van der Waals surface area contributed by atoms with Crippen LogP contribution in [-0.4, -0.2) is 34.7 Å². The largest absolute Gasteiger partial charge is 0.299 e. The molecule has 0 saturated heterocycles. The third-order valence-electron chi connectivity index (χ3n) is 6.29. The molecule has 3 aromatic carbocycles. The van der Waals surface area contributed by atoms with Crippen molar-refractivity contribution < 1.29 is 28.8 Å². The van der Waals surface area contributed by atoms with Gasteiger partial charge in [-0.3, -0.25) is 28.8 Å². The van der Waals surface area contributed by atoms with Crippen LogP contribution in [-0.2, 0) is 14.4 Å². The molecule has 3 rings (SSSR count). The van der Waals surface area contributed by atoms with E-state index in [1.807, 2.05) is 0 Å². The van der Waals surface area contributed by atoms with Crippen molar-refractivity contribution in [1.82, 2.24) is 0 Å². The van der Waals surface area contributed by atoms with Gasteiger partial charge in [-0.05, 0) is 0 Å². The fraction of sp³-hybridized carbons (Fsp3) is 0.226. The predicted octanol–water partition coefficient (Wildman–Crippen LogP) is 5.16. The molecule has 0 bridgehead atoms. The van der Waals surface area contributed by atoms with Gasteiger partial charge in [-0.25, -0.2) is 0 Å². The van der Waals surface area contributed by atoms with E-state index in [1.54, 1.807) is 91.0 Å². The summed E-state index contributed by atoms with van der Waals surface area (Å²) in [5, 5.41) is 0. The maximum Gasteiger partial charge on any atom is 0.170 e. The summed E-state index contributed by atoms with van der Waals surface area (Å²) in [6, 6.07) is 24.9. The molecular formula is C31H28O6. The van der Waals surface area contributed by atoms with Gasteiger partial charge in [0.05, 0.1) is 19.3 Å². The highest BCUT2D eigenvalue weighted by atomic mass is 16.2. The number of benzene rings is 3. The minimum atomic E-state index is -1.13. The Morgan fingerprint density at radius 2 is 0.865 bits per heavy atom. The maximum atomic E-state index is 13.2. The van der Waals surface area contributed by atoms with Crippen molar-refractivity contribution in [3.05, 3.63) is 108 Å². The highest BCUT2D eigenvalue weighted by molar-refractivity contribution is 6.13. The fourth-order valence-electron chi connectivity index (χ4n) is 4.08. The van der Waals surface area contributed by atoms with Gasteiger partial charge in [-0.2, -0.15) is 0 Å². The molecule has 0 N–H and O–H groups in total. The number of carbonyl (C=O) groups excluding carboxylic acids is 6. The zero-order chi connectivity index (χ0) is 26.8. The Bertz CT molecular complexity index is 1280. The first-order valence-electron chi connectivity index (χ1n) is 12.1. The lowest BCUT2D eigenvalue weighted by Crippen LogP contribution is -2.32. The zero-order valence-corrected chi connectivity index (χ0v) is 20.6. The van der Waals surface area contributed by atoms with Gasteiger partial charge in [-0.15, -0.1) is 0 Å². The first-order chi connectivity index (χ1) is 17.8. The topological polar surface area (TPSA) is 102 Å². The molecular weight excluding hydrogens is 468 g/mol. The Morgan fingerprint density at radius 1 is 0.514 bits per heavy atom. The predicted molar refractivity (Wildman–Crippen MR) is 138 cm³/mol. The van der Waals surface area contributed by atoms with Crippen molar-refractivity contribution in [2.24, 2.45) is 11.8 Å². The Hall–Kier alpha value is -4.32. The molecule has 2 atom stereocenters. The average Bonchev–Trinajstić information content (AvgIpc) is 2.92. The lowest BCUT2D eigenvalue weighted by molar-refractivity contribution is -0.133. The molecule has 0 saturated carbocycles. The van der Waals surface area contributed by atoms with Gasteiger partial charge in [0.25, 0.3) is 0 Å². The molecule has 3 aromatic rings. The molecule has 0 radical (unpaired) electrons. The Labute approximate surface area is 215 Å². The highest BCUT2D eigenvalue weighted by Gasteiger charge is 2.34. The first-order valence-corrected chi connectivity index (χ1v) is 12.1. The average molecular weight is 497 g/mol. The molecule has 0 aromatic heterocycles. The van der Waals surface area contributed by atoms with E-state index in [2.05, 4.69) is 0 Å². The molecule has 0 aliphatic heterocycles. The molecule has 2 unspecified atom stereocenters. The molecule has 0 spiro atoms. The monoisotopic (exact) mass is 496 g/mol. The van der Waals surface area contributed by atoms with Crippen LogP contribution in [0.3, 0.4) is 0 Å². The zero-order valence-electron chi connectivity index (χ0n) is 20.6. The first kappa shape index (κ1) is 27.3. The number of hydrogen-bond donors (Lipinski definition) is 0. The quantitative estimate of drug-likeness (QED) is 0.226. The summed E-state index contributed by atoms with van der Waals surface area (Å²) in [6.45, 7) is 1.49. The van der Waals surface area contributed by atoms with Gasteiger partial charge < -0.3 is 0 Å². The van der Waals surface area contributed by atoms with Crippen LogP contribution in [0.1, 0.15) is 63.7 Å². The lowest BCUT2D eigenvalue weighted by atomic mass is 9.79. The standard InChI is InChI=1S/C31H28O6/c1-21(27(33)19-29(35)23-13-7-3-8-14-23)26(31(37)20-30(36)24-15-9-4-10-16-24)17-25(32)18-28(34)22-11-5-2-6-12-22/h2-16,21,26H,17-20H2,1H3. The minimum absolute atomic E-state index is 0.346. The smallest absolute Gasteiger partial charge is 0.170 e. The SMILES string of the molecule is CC(C(=O)CC(=O)c1ccccc1)C(CC(=O)CC(=O)c1ccccc1)C(=O)CC(=O)c1ccccc1. The lowest BCUT2D eigenvalue weighted by Gasteiger charge is -2.21. The Morgan fingerprint density at radius 3 is 1.27 bits per heavy atom. The van der Waals surface area contributed by atoms with Gasteiger partial charge in [-0.1, -0.05) is 97.9 Å². The van der Waals surface area contributed by atoms with E-state index in [-0.39, 0.29) is 6.42 Å². The van der Waals surface area contributed by atoms with E-state index in [0.717, 1.165) is 0 Å². The van der Waals surface area contributed by atoms with Crippen molar-refractivity contribution in [1.29, 1.82) is 0 Å². The summed E-state index contributed by atoms with van der Waals surface area (Å²) in [5.74, 6) is -4.90. The second kappa shape index (κ2) is 13.1. The van der Waals surface area contributed by atoms with Crippen LogP contribution in [0.4, 0.5) is 0 Å². The van der Waals surface area contributed by atoms with E-state index in [1.165, 1.54) is 6.92 Å². The van der Waals surface area contributed by atoms with E-state index < -0.39 is 65.8 Å². The summed E-state index contributed by atoms with van der Waals surface area (Å²) in [7, 11) is 0. The second-order valence-corrected chi connectivity index (χ2v) is 8.97. The van der Waals surface area contributed by atoms with E-state index >= 15 is 0 Å². The molecule has 0 amide bonds. The van der Waals surface area contributed by atoms with Gasteiger partial charge in [0.15, 0.2) is 17.3 Å². The third-order valence-corrected chi connectivity index (χ3v) is 6.29. The van der Waals surface area contributed by atoms with Crippen LogP contribution in [0.5, 0.6) is 0 Å². The minimum Gasteiger partial charge on any atom is -0.299 e. The normalized spacial score (nSPS) is 12.2. The second-order valence-electron chi connectivity index (χ2n) is 8.97. The molecule has 6 nitrogen and oxygen atoms in total. The molecule has 0 heterocycles. The summed E-state index contributed by atoms with van der Waals surface area (Å²) in [4.78, 5) is 76.8. The molecule has 6 heteroatoms. The molecule has 0 aliphatic carbocycles. The Balaban J connectivity index is 1.75. The van der Waals surface area contributed by atoms with Crippen molar-refractivity contribution in [2.75, 3.05) is 0 Å². The molecule has 0 fully saturated rings. The molecule has 188 valence electrons. The van der Waals surface area contributed by atoms with Gasteiger partial charge in [0, 0.05) is 34.9 Å². The summed E-state index contributed by atoms with van der Waals surface area (Å²) >= 11 is 0. The Kier molecular flexibility index (Phi) is 9.67. The van der Waals surface area contributed by atoms with Crippen molar-refractivity contribution in [2.45, 2.75) is 32.6 Å². The van der Waals surface area contributed by atoms with Crippen LogP contribution >= 0.6 is 0 Å². The van der Waals surface area contributed by atoms with Gasteiger partial charge in [0.1, 0.15) is 17.3 Å². The van der Waals surface area contributed by atoms with E-state index in [9.17, 15) is 28.8 Å². The van der Waals surface area contributed by atoms with Gasteiger partial charge in [0.2, 0.25) is 0 Å². The van der Waals surface area contributed by atoms with Crippen LogP contribution in [0.25, 0.3) is 0 Å². The van der Waals surface area contributed by atoms with Crippen molar-refractivity contribution >= 4 is 34.7 Å². The maximum absolute atomic E-state index is 13.2. The van der Waals surface area contributed by atoms with Crippen LogP contribution < -0.4 is 0 Å². The summed E-state index contributed by atoms with van der Waals surface area (Å²) < 4.78 is 0. The van der Waals surface area contributed by atoms with Gasteiger partial charge >= 0.3 is 0 Å². The number of ketones is 6. The summed E-state index contributed by atoms with van der Waals surface area (Å²) in [5.41, 5.74) is 1.09. The van der Waals surface area contributed by atoms with Crippen molar-refractivity contribution in [3.63, 3.8) is 0 Å². The third kappa shape index (κ3) is 7.84. The number of carbonyl (C=O) groups is 6. The summed E-state index contributed by atoms with van der Waals surface area (Å²) in [6.07, 6.45) is -1.71.